The molecule has 0 rings (SSSR count). The summed E-state index contributed by atoms with van der Waals surface area (Å²) in [6.45, 7) is 4.00. The van der Waals surface area contributed by atoms with Crippen LogP contribution in [-0.4, -0.2) is 60.9 Å². The summed E-state index contributed by atoms with van der Waals surface area (Å²) in [6, 6.07) is 0. The van der Waals surface area contributed by atoms with Gasteiger partial charge in [-0.1, -0.05) is 96.8 Å². The third-order valence-electron chi connectivity index (χ3n) is 4.84. The average Bonchev–Trinajstić information content (AvgIpc) is 2.74. The van der Waals surface area contributed by atoms with Gasteiger partial charge in [-0.25, -0.2) is 0 Å². The molecular weight excluding hydrogens is 384 g/mol. The fourth-order valence-electron chi connectivity index (χ4n) is 3.10. The zero-order valence-electron chi connectivity index (χ0n) is 19.6. The van der Waals surface area contributed by atoms with Crippen molar-refractivity contribution in [2.45, 2.75) is 110 Å². The van der Waals surface area contributed by atoms with Crippen LogP contribution in [0.2, 0.25) is 0 Å². The number of hydrogen-bond acceptors (Lipinski definition) is 5. The van der Waals surface area contributed by atoms with Crippen molar-refractivity contribution in [2.24, 2.45) is 0 Å². The van der Waals surface area contributed by atoms with Crippen molar-refractivity contribution >= 4 is 5.97 Å². The van der Waals surface area contributed by atoms with Crippen molar-refractivity contribution in [2.75, 3.05) is 39.6 Å². The SMILES string of the molecule is CCCCCCCCCCCCCCCCCC(=O)O.OCCOCCOCCO. The highest BCUT2D eigenvalue weighted by atomic mass is 16.5. The van der Waals surface area contributed by atoms with E-state index in [1.54, 1.807) is 0 Å². The first-order valence-corrected chi connectivity index (χ1v) is 12.3. The number of hydrogen-bond donors (Lipinski definition) is 3. The highest BCUT2D eigenvalue weighted by molar-refractivity contribution is 5.66. The number of aliphatic hydroxyl groups excluding tert-OH is 2. The van der Waals surface area contributed by atoms with E-state index < -0.39 is 5.97 Å². The molecule has 0 spiro atoms. The van der Waals surface area contributed by atoms with Crippen molar-refractivity contribution in [1.29, 1.82) is 0 Å². The minimum atomic E-state index is -0.653. The summed E-state index contributed by atoms with van der Waals surface area (Å²) in [5.41, 5.74) is 0. The van der Waals surface area contributed by atoms with Gasteiger partial charge in [0, 0.05) is 6.42 Å². The summed E-state index contributed by atoms with van der Waals surface area (Å²) in [6.07, 6.45) is 20.2. The maximum atomic E-state index is 10.3. The largest absolute Gasteiger partial charge is 0.481 e. The van der Waals surface area contributed by atoms with Crippen LogP contribution in [0.15, 0.2) is 0 Å². The van der Waals surface area contributed by atoms with Crippen molar-refractivity contribution < 1.29 is 29.6 Å². The average molecular weight is 435 g/mol. The van der Waals surface area contributed by atoms with Gasteiger partial charge in [-0.05, 0) is 6.42 Å². The van der Waals surface area contributed by atoms with E-state index >= 15 is 0 Å². The first-order valence-electron chi connectivity index (χ1n) is 12.3. The van der Waals surface area contributed by atoms with Gasteiger partial charge in [0.2, 0.25) is 0 Å². The molecule has 0 heterocycles. The second-order valence-electron chi connectivity index (χ2n) is 7.77. The number of aliphatic carboxylic acids is 1. The third-order valence-corrected chi connectivity index (χ3v) is 4.84. The Hall–Kier alpha value is -0.690. The summed E-state index contributed by atoms with van der Waals surface area (Å²) in [5.74, 6) is -0.653. The molecule has 0 aliphatic rings. The molecule has 0 saturated heterocycles. The monoisotopic (exact) mass is 434 g/mol. The normalized spacial score (nSPS) is 10.6. The fourth-order valence-corrected chi connectivity index (χ4v) is 3.10. The van der Waals surface area contributed by atoms with Crippen LogP contribution in [0.5, 0.6) is 0 Å². The lowest BCUT2D eigenvalue weighted by Gasteiger charge is -2.03. The molecule has 0 atom stereocenters. The second kappa shape index (κ2) is 30.5. The van der Waals surface area contributed by atoms with Gasteiger partial charge in [-0.2, -0.15) is 0 Å². The van der Waals surface area contributed by atoms with Crippen molar-refractivity contribution in [3.8, 4) is 0 Å². The molecule has 0 bridgehead atoms. The smallest absolute Gasteiger partial charge is 0.303 e. The number of aliphatic hydroxyl groups is 2. The van der Waals surface area contributed by atoms with E-state index in [-0.39, 0.29) is 13.2 Å². The van der Waals surface area contributed by atoms with Crippen LogP contribution >= 0.6 is 0 Å². The fraction of sp³-hybridized carbons (Fsp3) is 0.958. The van der Waals surface area contributed by atoms with Crippen LogP contribution in [-0.2, 0) is 14.3 Å². The van der Waals surface area contributed by atoms with Crippen molar-refractivity contribution in [1.82, 2.24) is 0 Å². The van der Waals surface area contributed by atoms with E-state index in [1.165, 1.54) is 83.5 Å². The van der Waals surface area contributed by atoms with E-state index in [0.717, 1.165) is 12.8 Å². The zero-order valence-corrected chi connectivity index (χ0v) is 19.6. The molecule has 0 saturated carbocycles. The highest BCUT2D eigenvalue weighted by Gasteiger charge is 1.97. The lowest BCUT2D eigenvalue weighted by Crippen LogP contribution is -2.09. The standard InChI is InChI=1S/C18H36O2.C6H14O4/c1-2-3-4-5-6-7-8-9-10-11-12-13-14-15-16-17-18(19)20;7-1-3-9-5-6-10-4-2-8/h2-17H2,1H3,(H,19,20);7-8H,1-6H2. The van der Waals surface area contributed by atoms with Crippen molar-refractivity contribution in [3.63, 3.8) is 0 Å². The van der Waals surface area contributed by atoms with Crippen LogP contribution in [0.1, 0.15) is 110 Å². The molecule has 0 amide bonds. The molecule has 182 valence electrons. The minimum Gasteiger partial charge on any atom is -0.481 e. The van der Waals surface area contributed by atoms with Gasteiger partial charge in [0.1, 0.15) is 0 Å². The van der Waals surface area contributed by atoms with E-state index in [9.17, 15) is 4.79 Å². The number of carboxylic acids is 1. The molecule has 6 heteroatoms. The van der Waals surface area contributed by atoms with E-state index in [0.29, 0.717) is 32.8 Å². The molecule has 0 aromatic heterocycles. The second-order valence-corrected chi connectivity index (χ2v) is 7.77. The Morgan fingerprint density at radius 3 is 1.20 bits per heavy atom. The van der Waals surface area contributed by atoms with Crippen LogP contribution in [0.25, 0.3) is 0 Å². The zero-order chi connectivity index (χ0) is 22.5. The van der Waals surface area contributed by atoms with Gasteiger partial charge in [-0.3, -0.25) is 4.79 Å². The van der Waals surface area contributed by atoms with E-state index in [4.69, 9.17) is 24.8 Å². The summed E-state index contributed by atoms with van der Waals surface area (Å²) in [4.78, 5) is 10.3. The molecule has 0 aliphatic carbocycles. The summed E-state index contributed by atoms with van der Waals surface area (Å²) < 4.78 is 9.75. The Kier molecular flexibility index (Phi) is 32.0. The lowest BCUT2D eigenvalue weighted by atomic mass is 10.0. The highest BCUT2D eigenvalue weighted by Crippen LogP contribution is 2.13. The number of unbranched alkanes of at least 4 members (excludes halogenated alkanes) is 14. The molecule has 0 fully saturated rings. The Morgan fingerprint density at radius 1 is 0.567 bits per heavy atom. The van der Waals surface area contributed by atoms with Gasteiger partial charge in [-0.15, -0.1) is 0 Å². The van der Waals surface area contributed by atoms with E-state index in [2.05, 4.69) is 6.92 Å². The van der Waals surface area contributed by atoms with Crippen LogP contribution in [0.3, 0.4) is 0 Å². The summed E-state index contributed by atoms with van der Waals surface area (Å²) in [5, 5.41) is 25.0. The van der Waals surface area contributed by atoms with Gasteiger partial charge < -0.3 is 24.8 Å². The van der Waals surface area contributed by atoms with Crippen molar-refractivity contribution in [3.05, 3.63) is 0 Å². The first-order chi connectivity index (χ1) is 14.7. The minimum absolute atomic E-state index is 0.0417. The van der Waals surface area contributed by atoms with Gasteiger partial charge in [0.25, 0.3) is 0 Å². The molecular formula is C24H50O6. The van der Waals surface area contributed by atoms with Crippen LogP contribution in [0.4, 0.5) is 0 Å². The molecule has 6 nitrogen and oxygen atoms in total. The molecule has 0 aliphatic heterocycles. The third kappa shape index (κ3) is 34.8. The maximum Gasteiger partial charge on any atom is 0.303 e. The summed E-state index contributed by atoms with van der Waals surface area (Å²) >= 11 is 0. The predicted molar refractivity (Wildman–Crippen MR) is 123 cm³/mol. The molecule has 0 aromatic rings. The number of rotatable bonds is 23. The molecule has 30 heavy (non-hydrogen) atoms. The van der Waals surface area contributed by atoms with Crippen LogP contribution in [0, 0.1) is 0 Å². The van der Waals surface area contributed by atoms with Gasteiger partial charge >= 0.3 is 5.97 Å². The Morgan fingerprint density at radius 2 is 0.900 bits per heavy atom. The lowest BCUT2D eigenvalue weighted by molar-refractivity contribution is -0.137. The Bertz CT molecular complexity index is 304. The number of carboxylic acid groups (broad SMARTS) is 1. The van der Waals surface area contributed by atoms with Crippen LogP contribution < -0.4 is 0 Å². The Balaban J connectivity index is 0. The first kappa shape index (κ1) is 31.5. The van der Waals surface area contributed by atoms with Gasteiger partial charge in [0.05, 0.1) is 39.6 Å². The molecule has 0 aromatic carbocycles. The van der Waals surface area contributed by atoms with E-state index in [1.807, 2.05) is 0 Å². The van der Waals surface area contributed by atoms with Gasteiger partial charge in [0.15, 0.2) is 0 Å². The number of ether oxygens (including phenoxy) is 2. The molecule has 0 radical (unpaired) electrons. The quantitative estimate of drug-likeness (QED) is 0.188. The maximum absolute atomic E-state index is 10.3. The molecule has 3 N–H and O–H groups in total. The Labute approximate surface area is 185 Å². The summed E-state index contributed by atoms with van der Waals surface area (Å²) in [7, 11) is 0. The predicted octanol–water partition coefficient (Wildman–Crippen LogP) is 5.34. The number of carbonyl (C=O) groups is 1. The topological polar surface area (TPSA) is 96.2 Å². The molecule has 0 unspecified atom stereocenters.